The summed E-state index contributed by atoms with van der Waals surface area (Å²) in [6.45, 7) is 4.29. The highest BCUT2D eigenvalue weighted by molar-refractivity contribution is 4.77. The first kappa shape index (κ1) is 14.9. The Hall–Kier alpha value is -0.160. The molecule has 0 aliphatic heterocycles. The largest absolute Gasteiger partial charge is 0.393 e. The zero-order valence-corrected chi connectivity index (χ0v) is 11.2. The molecule has 1 saturated carbocycles. The van der Waals surface area contributed by atoms with Crippen LogP contribution in [-0.4, -0.2) is 63.2 Å². The molecular formula is C13H27NO3. The van der Waals surface area contributed by atoms with Crippen LogP contribution in [0.3, 0.4) is 0 Å². The van der Waals surface area contributed by atoms with Crippen molar-refractivity contribution >= 4 is 0 Å². The van der Waals surface area contributed by atoms with Crippen molar-refractivity contribution in [1.29, 1.82) is 0 Å². The summed E-state index contributed by atoms with van der Waals surface area (Å²) in [6.07, 6.45) is 4.43. The van der Waals surface area contributed by atoms with Gasteiger partial charge in [-0.3, -0.25) is 4.90 Å². The highest BCUT2D eigenvalue weighted by Crippen LogP contribution is 2.25. The third-order valence-corrected chi connectivity index (χ3v) is 3.58. The molecule has 2 atom stereocenters. The molecule has 1 aliphatic carbocycles. The van der Waals surface area contributed by atoms with Crippen molar-refractivity contribution in [2.45, 2.75) is 31.8 Å². The monoisotopic (exact) mass is 245 g/mol. The fourth-order valence-electron chi connectivity index (χ4n) is 2.47. The Kier molecular flexibility index (Phi) is 7.77. The molecule has 0 bridgehead atoms. The third kappa shape index (κ3) is 5.82. The Balaban J connectivity index is 2.33. The van der Waals surface area contributed by atoms with E-state index < -0.39 is 0 Å². The standard InChI is InChI=1S/C13H27NO3/c1-16-9-7-14(8-10-17-2)11-12-5-3-4-6-13(12)15/h12-13,15H,3-11H2,1-2H3. The summed E-state index contributed by atoms with van der Waals surface area (Å²) in [5, 5.41) is 9.98. The summed E-state index contributed by atoms with van der Waals surface area (Å²) < 4.78 is 10.2. The van der Waals surface area contributed by atoms with E-state index >= 15 is 0 Å². The Morgan fingerprint density at radius 2 is 1.65 bits per heavy atom. The van der Waals surface area contributed by atoms with Gasteiger partial charge in [0.15, 0.2) is 0 Å². The molecular weight excluding hydrogens is 218 g/mol. The first-order valence-electron chi connectivity index (χ1n) is 6.66. The van der Waals surface area contributed by atoms with Crippen LogP contribution in [0, 0.1) is 5.92 Å². The van der Waals surface area contributed by atoms with Crippen molar-refractivity contribution in [2.24, 2.45) is 5.92 Å². The maximum atomic E-state index is 9.98. The Morgan fingerprint density at radius 1 is 1.06 bits per heavy atom. The van der Waals surface area contributed by atoms with Gasteiger partial charge in [0, 0.05) is 33.9 Å². The quantitative estimate of drug-likeness (QED) is 0.696. The molecule has 1 N–H and O–H groups in total. The van der Waals surface area contributed by atoms with Gasteiger partial charge in [-0.1, -0.05) is 12.8 Å². The summed E-state index contributed by atoms with van der Waals surface area (Å²) >= 11 is 0. The molecule has 0 heterocycles. The summed E-state index contributed by atoms with van der Waals surface area (Å²) in [5.41, 5.74) is 0. The van der Waals surface area contributed by atoms with Crippen LogP contribution in [0.15, 0.2) is 0 Å². The number of aliphatic hydroxyl groups is 1. The minimum absolute atomic E-state index is 0.115. The molecule has 1 aliphatic rings. The van der Waals surface area contributed by atoms with Crippen molar-refractivity contribution in [1.82, 2.24) is 4.90 Å². The van der Waals surface area contributed by atoms with Crippen LogP contribution < -0.4 is 0 Å². The first-order chi connectivity index (χ1) is 8.27. The summed E-state index contributed by atoms with van der Waals surface area (Å²) in [6, 6.07) is 0. The summed E-state index contributed by atoms with van der Waals surface area (Å²) in [4.78, 5) is 2.34. The minimum atomic E-state index is -0.115. The molecule has 17 heavy (non-hydrogen) atoms. The van der Waals surface area contributed by atoms with Crippen LogP contribution in [0.2, 0.25) is 0 Å². The van der Waals surface area contributed by atoms with E-state index in [9.17, 15) is 5.11 Å². The molecule has 0 aromatic heterocycles. The molecule has 0 spiro atoms. The smallest absolute Gasteiger partial charge is 0.0589 e. The van der Waals surface area contributed by atoms with Gasteiger partial charge >= 0.3 is 0 Å². The summed E-state index contributed by atoms with van der Waals surface area (Å²) in [5.74, 6) is 0.428. The lowest BCUT2D eigenvalue weighted by molar-refractivity contribution is 0.0332. The number of ether oxygens (including phenoxy) is 2. The minimum Gasteiger partial charge on any atom is -0.393 e. The third-order valence-electron chi connectivity index (χ3n) is 3.58. The van der Waals surface area contributed by atoms with Gasteiger partial charge in [0.25, 0.3) is 0 Å². The number of rotatable bonds is 8. The molecule has 0 radical (unpaired) electrons. The lowest BCUT2D eigenvalue weighted by atomic mass is 9.86. The SMILES string of the molecule is COCCN(CCOC)CC1CCCCC1O. The number of methoxy groups -OCH3 is 2. The number of hydrogen-bond acceptors (Lipinski definition) is 4. The van der Waals surface area contributed by atoms with Gasteiger partial charge in [-0.25, -0.2) is 0 Å². The van der Waals surface area contributed by atoms with Gasteiger partial charge in [0.1, 0.15) is 0 Å². The zero-order chi connectivity index (χ0) is 12.5. The topological polar surface area (TPSA) is 41.9 Å². The average Bonchev–Trinajstić information content (AvgIpc) is 2.35. The van der Waals surface area contributed by atoms with E-state index in [4.69, 9.17) is 9.47 Å². The van der Waals surface area contributed by atoms with Crippen LogP contribution in [0.5, 0.6) is 0 Å². The van der Waals surface area contributed by atoms with Crippen LogP contribution in [0.25, 0.3) is 0 Å². The Morgan fingerprint density at radius 3 is 2.18 bits per heavy atom. The number of nitrogens with zero attached hydrogens (tertiary/aromatic N) is 1. The molecule has 0 aromatic rings. The molecule has 4 nitrogen and oxygen atoms in total. The van der Waals surface area contributed by atoms with Crippen LogP contribution in [-0.2, 0) is 9.47 Å². The molecule has 1 fully saturated rings. The molecule has 2 unspecified atom stereocenters. The van der Waals surface area contributed by atoms with Crippen LogP contribution in [0.4, 0.5) is 0 Å². The Labute approximate surface area is 105 Å². The predicted octanol–water partition coefficient (Wildman–Crippen LogP) is 1.13. The van der Waals surface area contributed by atoms with E-state index in [0.29, 0.717) is 5.92 Å². The molecule has 0 saturated heterocycles. The van der Waals surface area contributed by atoms with Crippen LogP contribution in [0.1, 0.15) is 25.7 Å². The van der Waals surface area contributed by atoms with Gasteiger partial charge in [0.05, 0.1) is 19.3 Å². The fraction of sp³-hybridized carbons (Fsp3) is 1.00. The van der Waals surface area contributed by atoms with Gasteiger partial charge in [-0.15, -0.1) is 0 Å². The second kappa shape index (κ2) is 8.86. The predicted molar refractivity (Wildman–Crippen MR) is 68.2 cm³/mol. The maximum Gasteiger partial charge on any atom is 0.0589 e. The lowest BCUT2D eigenvalue weighted by Gasteiger charge is -2.32. The first-order valence-corrected chi connectivity index (χ1v) is 6.66. The second-order valence-corrected chi connectivity index (χ2v) is 4.90. The van der Waals surface area contributed by atoms with E-state index in [1.807, 2.05) is 0 Å². The second-order valence-electron chi connectivity index (χ2n) is 4.90. The highest BCUT2D eigenvalue weighted by Gasteiger charge is 2.24. The van der Waals surface area contributed by atoms with Crippen molar-refractivity contribution in [2.75, 3.05) is 47.1 Å². The van der Waals surface area contributed by atoms with Gasteiger partial charge in [-0.05, 0) is 18.8 Å². The van der Waals surface area contributed by atoms with Crippen LogP contribution >= 0.6 is 0 Å². The van der Waals surface area contributed by atoms with E-state index in [2.05, 4.69) is 4.90 Å². The van der Waals surface area contributed by atoms with E-state index in [1.54, 1.807) is 14.2 Å². The van der Waals surface area contributed by atoms with E-state index in [0.717, 1.165) is 45.7 Å². The van der Waals surface area contributed by atoms with E-state index in [1.165, 1.54) is 12.8 Å². The number of hydrogen-bond donors (Lipinski definition) is 1. The molecule has 1 rings (SSSR count). The lowest BCUT2D eigenvalue weighted by Crippen LogP contribution is -2.40. The van der Waals surface area contributed by atoms with Gasteiger partial charge in [-0.2, -0.15) is 0 Å². The van der Waals surface area contributed by atoms with Gasteiger partial charge in [0.2, 0.25) is 0 Å². The molecule has 102 valence electrons. The molecule has 0 amide bonds. The average molecular weight is 245 g/mol. The fourth-order valence-corrected chi connectivity index (χ4v) is 2.47. The van der Waals surface area contributed by atoms with E-state index in [-0.39, 0.29) is 6.10 Å². The van der Waals surface area contributed by atoms with Gasteiger partial charge < -0.3 is 14.6 Å². The molecule has 0 aromatic carbocycles. The Bertz CT molecular complexity index is 182. The normalized spacial score (nSPS) is 25.4. The summed E-state index contributed by atoms with van der Waals surface area (Å²) in [7, 11) is 3.45. The highest BCUT2D eigenvalue weighted by atomic mass is 16.5. The van der Waals surface area contributed by atoms with Crippen molar-refractivity contribution in [3.05, 3.63) is 0 Å². The maximum absolute atomic E-state index is 9.98. The van der Waals surface area contributed by atoms with Crippen molar-refractivity contribution < 1.29 is 14.6 Å². The van der Waals surface area contributed by atoms with Crippen molar-refractivity contribution in [3.63, 3.8) is 0 Å². The van der Waals surface area contributed by atoms with Crippen molar-refractivity contribution in [3.8, 4) is 0 Å². The molecule has 4 heteroatoms. The number of aliphatic hydroxyl groups excluding tert-OH is 1. The zero-order valence-electron chi connectivity index (χ0n) is 11.2.